The van der Waals surface area contributed by atoms with Crippen molar-refractivity contribution in [1.29, 1.82) is 0 Å². The van der Waals surface area contributed by atoms with Gasteiger partial charge in [0.15, 0.2) is 11.5 Å². The molecular formula is C17H23N3O5. The molecule has 1 aromatic rings. The van der Waals surface area contributed by atoms with Crippen molar-refractivity contribution in [3.63, 3.8) is 0 Å². The van der Waals surface area contributed by atoms with Gasteiger partial charge in [0.1, 0.15) is 5.56 Å². The molecular weight excluding hydrogens is 326 g/mol. The minimum Gasteiger partial charge on any atom is -0.493 e. The number of hydrogen-bond acceptors (Lipinski definition) is 6. The van der Waals surface area contributed by atoms with Crippen molar-refractivity contribution in [2.45, 2.75) is 38.3 Å². The smallest absolute Gasteiger partial charge is 0.286 e. The summed E-state index contributed by atoms with van der Waals surface area (Å²) in [5.74, 6) is 0.264. The topological polar surface area (TPSA) is 93.9 Å². The third-order valence-corrected chi connectivity index (χ3v) is 4.82. The fraction of sp³-hybridized carbons (Fsp3) is 0.588. The number of nitro groups is 1. The molecule has 25 heavy (non-hydrogen) atoms. The van der Waals surface area contributed by atoms with Gasteiger partial charge in [0.25, 0.3) is 11.6 Å². The van der Waals surface area contributed by atoms with Gasteiger partial charge in [0, 0.05) is 31.2 Å². The molecule has 2 saturated heterocycles. The number of nitrogens with zero attached hydrogens (tertiary/aromatic N) is 2. The first-order valence-corrected chi connectivity index (χ1v) is 8.58. The summed E-state index contributed by atoms with van der Waals surface area (Å²) in [5.41, 5.74) is -0.209. The second kappa shape index (κ2) is 7.26. The first-order chi connectivity index (χ1) is 12.0. The zero-order valence-corrected chi connectivity index (χ0v) is 14.5. The minimum absolute atomic E-state index is 0.0482. The molecule has 2 aliphatic heterocycles. The Bertz CT molecular complexity index is 678. The van der Waals surface area contributed by atoms with E-state index >= 15 is 0 Å². The highest BCUT2D eigenvalue weighted by molar-refractivity contribution is 5.99. The summed E-state index contributed by atoms with van der Waals surface area (Å²) in [6, 6.07) is 3.40. The average molecular weight is 349 g/mol. The number of carbonyl (C=O) groups is 1. The van der Waals surface area contributed by atoms with Crippen LogP contribution >= 0.6 is 0 Å². The van der Waals surface area contributed by atoms with E-state index in [-0.39, 0.29) is 28.9 Å². The molecule has 3 rings (SSSR count). The van der Waals surface area contributed by atoms with Gasteiger partial charge in [0.05, 0.1) is 24.7 Å². The Kier molecular flexibility index (Phi) is 5.08. The first kappa shape index (κ1) is 17.5. The lowest BCUT2D eigenvalue weighted by atomic mass is 10.1. The van der Waals surface area contributed by atoms with Gasteiger partial charge in [-0.2, -0.15) is 0 Å². The van der Waals surface area contributed by atoms with Crippen molar-refractivity contribution < 1.29 is 19.2 Å². The van der Waals surface area contributed by atoms with Crippen molar-refractivity contribution in [3.05, 3.63) is 27.8 Å². The van der Waals surface area contributed by atoms with E-state index in [1.165, 1.54) is 19.2 Å². The SMILES string of the molecule is CCOc1cc(C(=O)N2CCC3CCC(C2)N3)c([N+](=O)[O-])cc1OC. The Balaban J connectivity index is 1.94. The van der Waals surface area contributed by atoms with Crippen LogP contribution in [0.2, 0.25) is 0 Å². The van der Waals surface area contributed by atoms with Crippen LogP contribution in [0.5, 0.6) is 11.5 Å². The van der Waals surface area contributed by atoms with E-state index in [4.69, 9.17) is 9.47 Å². The number of likely N-dealkylation sites (tertiary alicyclic amines) is 1. The van der Waals surface area contributed by atoms with E-state index in [2.05, 4.69) is 5.32 Å². The molecule has 2 aliphatic rings. The molecule has 2 bridgehead atoms. The van der Waals surface area contributed by atoms with Gasteiger partial charge in [-0.25, -0.2) is 0 Å². The lowest BCUT2D eigenvalue weighted by Crippen LogP contribution is -2.39. The van der Waals surface area contributed by atoms with Crippen molar-refractivity contribution in [2.75, 3.05) is 26.8 Å². The number of fused-ring (bicyclic) bond motifs is 2. The lowest BCUT2D eigenvalue weighted by Gasteiger charge is -2.24. The average Bonchev–Trinajstić information content (AvgIpc) is 2.93. The van der Waals surface area contributed by atoms with Gasteiger partial charge in [-0.3, -0.25) is 14.9 Å². The van der Waals surface area contributed by atoms with E-state index in [0.717, 1.165) is 19.3 Å². The predicted molar refractivity (Wildman–Crippen MR) is 91.3 cm³/mol. The zero-order chi connectivity index (χ0) is 18.0. The van der Waals surface area contributed by atoms with Crippen LogP contribution in [-0.4, -0.2) is 54.6 Å². The number of benzene rings is 1. The molecule has 0 spiro atoms. The van der Waals surface area contributed by atoms with Gasteiger partial charge in [-0.1, -0.05) is 0 Å². The quantitative estimate of drug-likeness (QED) is 0.645. The maximum Gasteiger partial charge on any atom is 0.286 e. The van der Waals surface area contributed by atoms with Crippen molar-refractivity contribution in [3.8, 4) is 11.5 Å². The van der Waals surface area contributed by atoms with E-state index in [1.54, 1.807) is 11.8 Å². The van der Waals surface area contributed by atoms with Crippen LogP contribution in [0.15, 0.2) is 12.1 Å². The Morgan fingerprint density at radius 1 is 1.32 bits per heavy atom. The molecule has 0 aromatic heterocycles. The second-order valence-corrected chi connectivity index (χ2v) is 6.39. The lowest BCUT2D eigenvalue weighted by molar-refractivity contribution is -0.385. The van der Waals surface area contributed by atoms with Crippen molar-refractivity contribution >= 4 is 11.6 Å². The summed E-state index contributed by atoms with van der Waals surface area (Å²) >= 11 is 0. The third-order valence-electron chi connectivity index (χ3n) is 4.82. The first-order valence-electron chi connectivity index (χ1n) is 8.58. The number of amides is 1. The van der Waals surface area contributed by atoms with E-state index in [0.29, 0.717) is 31.5 Å². The Morgan fingerprint density at radius 3 is 2.76 bits per heavy atom. The molecule has 0 saturated carbocycles. The largest absolute Gasteiger partial charge is 0.493 e. The zero-order valence-electron chi connectivity index (χ0n) is 14.5. The summed E-state index contributed by atoms with van der Waals surface area (Å²) in [7, 11) is 1.42. The predicted octanol–water partition coefficient (Wildman–Crippen LogP) is 1.97. The van der Waals surface area contributed by atoms with Gasteiger partial charge in [0.2, 0.25) is 0 Å². The molecule has 1 aromatic carbocycles. The molecule has 0 aliphatic carbocycles. The molecule has 0 radical (unpaired) electrons. The Hall–Kier alpha value is -2.35. The highest BCUT2D eigenvalue weighted by atomic mass is 16.6. The third kappa shape index (κ3) is 3.53. The number of carbonyl (C=O) groups excluding carboxylic acids is 1. The van der Waals surface area contributed by atoms with Crippen LogP contribution in [0.1, 0.15) is 36.5 Å². The molecule has 8 nitrogen and oxygen atoms in total. The molecule has 136 valence electrons. The molecule has 2 heterocycles. The monoisotopic (exact) mass is 349 g/mol. The molecule has 1 N–H and O–H groups in total. The number of nitro benzene ring substituents is 1. The summed E-state index contributed by atoms with van der Waals surface area (Å²) in [5, 5.41) is 15.0. The maximum absolute atomic E-state index is 13.0. The van der Waals surface area contributed by atoms with Crippen LogP contribution in [0.25, 0.3) is 0 Å². The summed E-state index contributed by atoms with van der Waals surface area (Å²) in [4.78, 5) is 25.6. The van der Waals surface area contributed by atoms with Gasteiger partial charge >= 0.3 is 0 Å². The number of ether oxygens (including phenoxy) is 2. The fourth-order valence-electron chi connectivity index (χ4n) is 3.60. The highest BCUT2D eigenvalue weighted by Crippen LogP contribution is 2.35. The Labute approximate surface area is 146 Å². The molecule has 2 atom stereocenters. The standard InChI is InChI=1S/C17H23N3O5/c1-3-25-16-8-13(14(20(22)23)9-15(16)24-2)17(21)19-7-6-11-4-5-12(10-19)18-11/h8-9,11-12,18H,3-7,10H2,1-2H3. The number of methoxy groups -OCH3 is 1. The highest BCUT2D eigenvalue weighted by Gasteiger charge is 2.34. The van der Waals surface area contributed by atoms with E-state index in [9.17, 15) is 14.9 Å². The normalized spacial score (nSPS) is 22.4. The van der Waals surface area contributed by atoms with E-state index in [1.807, 2.05) is 0 Å². The molecule has 8 heteroatoms. The van der Waals surface area contributed by atoms with Gasteiger partial charge < -0.3 is 19.7 Å². The minimum atomic E-state index is -0.548. The molecule has 2 fully saturated rings. The second-order valence-electron chi connectivity index (χ2n) is 6.39. The van der Waals surface area contributed by atoms with Crippen LogP contribution in [0.3, 0.4) is 0 Å². The molecule has 2 unspecified atom stereocenters. The number of hydrogen-bond donors (Lipinski definition) is 1. The van der Waals surface area contributed by atoms with Crippen LogP contribution in [0.4, 0.5) is 5.69 Å². The Morgan fingerprint density at radius 2 is 2.08 bits per heavy atom. The number of rotatable bonds is 5. The van der Waals surface area contributed by atoms with Gasteiger partial charge in [-0.15, -0.1) is 0 Å². The van der Waals surface area contributed by atoms with Crippen LogP contribution < -0.4 is 14.8 Å². The van der Waals surface area contributed by atoms with Gasteiger partial charge in [-0.05, 0) is 26.2 Å². The fourth-order valence-corrected chi connectivity index (χ4v) is 3.60. The number of nitrogens with one attached hydrogen (secondary N) is 1. The van der Waals surface area contributed by atoms with Crippen molar-refractivity contribution in [1.82, 2.24) is 10.2 Å². The van der Waals surface area contributed by atoms with Crippen LogP contribution in [-0.2, 0) is 0 Å². The summed E-state index contributed by atoms with van der Waals surface area (Å²) < 4.78 is 10.6. The molecule has 1 amide bonds. The maximum atomic E-state index is 13.0. The summed E-state index contributed by atoms with van der Waals surface area (Å²) in [6.45, 7) is 3.35. The van der Waals surface area contributed by atoms with Crippen molar-refractivity contribution in [2.24, 2.45) is 0 Å². The van der Waals surface area contributed by atoms with Crippen LogP contribution in [0, 0.1) is 10.1 Å². The summed E-state index contributed by atoms with van der Waals surface area (Å²) in [6.07, 6.45) is 3.03. The van der Waals surface area contributed by atoms with E-state index < -0.39 is 4.92 Å².